The standard InChI is InChI=1S/C12H25N/c1-4-7-8-9-12(5-2)10-11-13-6-3/h5,12-13H,2,4,6-11H2,1,3H3/t12-/m1/s1. The van der Waals surface area contributed by atoms with Crippen molar-refractivity contribution in [2.45, 2.75) is 46.0 Å². The minimum absolute atomic E-state index is 0.727. The van der Waals surface area contributed by atoms with Gasteiger partial charge in [-0.1, -0.05) is 39.2 Å². The van der Waals surface area contributed by atoms with Crippen molar-refractivity contribution in [1.29, 1.82) is 0 Å². The summed E-state index contributed by atoms with van der Waals surface area (Å²) in [5.41, 5.74) is 0. The van der Waals surface area contributed by atoms with Crippen LogP contribution in [0.3, 0.4) is 0 Å². The van der Waals surface area contributed by atoms with Gasteiger partial charge in [-0.25, -0.2) is 0 Å². The molecule has 0 unspecified atom stereocenters. The summed E-state index contributed by atoms with van der Waals surface area (Å²) in [6.45, 7) is 10.5. The predicted octanol–water partition coefficient (Wildman–Crippen LogP) is 3.37. The third kappa shape index (κ3) is 8.04. The van der Waals surface area contributed by atoms with Gasteiger partial charge in [0, 0.05) is 0 Å². The Morgan fingerprint density at radius 3 is 2.54 bits per heavy atom. The van der Waals surface area contributed by atoms with Crippen molar-refractivity contribution in [2.24, 2.45) is 5.92 Å². The third-order valence-electron chi connectivity index (χ3n) is 2.45. The zero-order chi connectivity index (χ0) is 9.94. The molecule has 1 atom stereocenters. The second-order valence-corrected chi connectivity index (χ2v) is 3.63. The second kappa shape index (κ2) is 9.79. The van der Waals surface area contributed by atoms with Crippen LogP contribution >= 0.6 is 0 Å². The van der Waals surface area contributed by atoms with E-state index in [2.05, 4.69) is 31.8 Å². The first-order valence-electron chi connectivity index (χ1n) is 5.68. The first kappa shape index (κ1) is 12.7. The van der Waals surface area contributed by atoms with Crippen molar-refractivity contribution in [3.05, 3.63) is 12.7 Å². The Labute approximate surface area is 83.6 Å². The molecule has 0 saturated carbocycles. The molecule has 13 heavy (non-hydrogen) atoms. The molecular weight excluding hydrogens is 158 g/mol. The van der Waals surface area contributed by atoms with Crippen LogP contribution in [0, 0.1) is 5.92 Å². The van der Waals surface area contributed by atoms with Crippen molar-refractivity contribution in [1.82, 2.24) is 5.32 Å². The predicted molar refractivity (Wildman–Crippen MR) is 61.0 cm³/mol. The van der Waals surface area contributed by atoms with Crippen molar-refractivity contribution in [2.75, 3.05) is 13.1 Å². The fraction of sp³-hybridized carbons (Fsp3) is 0.833. The Bertz CT molecular complexity index is 99.7. The zero-order valence-corrected chi connectivity index (χ0v) is 9.31. The summed E-state index contributed by atoms with van der Waals surface area (Å²) in [5, 5.41) is 3.36. The molecule has 0 aliphatic carbocycles. The monoisotopic (exact) mass is 183 g/mol. The first-order chi connectivity index (χ1) is 6.35. The van der Waals surface area contributed by atoms with Gasteiger partial charge in [0.15, 0.2) is 0 Å². The second-order valence-electron chi connectivity index (χ2n) is 3.63. The summed E-state index contributed by atoms with van der Waals surface area (Å²) in [7, 11) is 0. The number of hydrogen-bond donors (Lipinski definition) is 1. The van der Waals surface area contributed by atoms with Crippen molar-refractivity contribution >= 4 is 0 Å². The Morgan fingerprint density at radius 1 is 1.23 bits per heavy atom. The first-order valence-corrected chi connectivity index (χ1v) is 5.68. The Morgan fingerprint density at radius 2 is 2.00 bits per heavy atom. The van der Waals surface area contributed by atoms with E-state index in [0.717, 1.165) is 19.0 Å². The molecule has 0 amide bonds. The summed E-state index contributed by atoms with van der Waals surface area (Å²) in [4.78, 5) is 0. The van der Waals surface area contributed by atoms with Crippen LogP contribution in [0.15, 0.2) is 12.7 Å². The highest BCUT2D eigenvalue weighted by atomic mass is 14.8. The molecule has 0 aliphatic heterocycles. The highest BCUT2D eigenvalue weighted by Crippen LogP contribution is 2.13. The average Bonchev–Trinajstić information content (AvgIpc) is 2.16. The molecule has 0 bridgehead atoms. The van der Waals surface area contributed by atoms with Gasteiger partial charge >= 0.3 is 0 Å². The Balaban J connectivity index is 3.34. The zero-order valence-electron chi connectivity index (χ0n) is 9.31. The lowest BCUT2D eigenvalue weighted by atomic mass is 9.98. The van der Waals surface area contributed by atoms with E-state index < -0.39 is 0 Å². The van der Waals surface area contributed by atoms with E-state index in [-0.39, 0.29) is 0 Å². The summed E-state index contributed by atoms with van der Waals surface area (Å²) >= 11 is 0. The molecule has 0 radical (unpaired) electrons. The van der Waals surface area contributed by atoms with Gasteiger partial charge in [-0.2, -0.15) is 0 Å². The highest BCUT2D eigenvalue weighted by Gasteiger charge is 2.02. The smallest absolute Gasteiger partial charge is 0.00434 e. The van der Waals surface area contributed by atoms with Gasteiger partial charge in [-0.15, -0.1) is 6.58 Å². The van der Waals surface area contributed by atoms with Crippen LogP contribution in [0.4, 0.5) is 0 Å². The van der Waals surface area contributed by atoms with E-state index in [1.165, 1.54) is 32.1 Å². The summed E-state index contributed by atoms with van der Waals surface area (Å²) < 4.78 is 0. The van der Waals surface area contributed by atoms with Gasteiger partial charge < -0.3 is 5.32 Å². The van der Waals surface area contributed by atoms with E-state index >= 15 is 0 Å². The normalized spacial score (nSPS) is 12.8. The average molecular weight is 183 g/mol. The van der Waals surface area contributed by atoms with Crippen molar-refractivity contribution in [3.63, 3.8) is 0 Å². The fourth-order valence-corrected chi connectivity index (χ4v) is 1.50. The molecule has 0 aliphatic rings. The maximum atomic E-state index is 3.89. The topological polar surface area (TPSA) is 12.0 Å². The maximum absolute atomic E-state index is 3.89. The molecular formula is C12H25N. The van der Waals surface area contributed by atoms with E-state index in [9.17, 15) is 0 Å². The van der Waals surface area contributed by atoms with Crippen LogP contribution in [0.5, 0.6) is 0 Å². The number of nitrogens with one attached hydrogen (secondary N) is 1. The molecule has 0 saturated heterocycles. The minimum Gasteiger partial charge on any atom is -0.317 e. The number of hydrogen-bond acceptors (Lipinski definition) is 1. The van der Waals surface area contributed by atoms with Crippen LogP contribution < -0.4 is 5.32 Å². The summed E-state index contributed by atoms with van der Waals surface area (Å²) in [6.07, 6.45) is 8.73. The van der Waals surface area contributed by atoms with Crippen LogP contribution in [-0.2, 0) is 0 Å². The van der Waals surface area contributed by atoms with E-state index in [1.807, 2.05) is 0 Å². The van der Waals surface area contributed by atoms with Gasteiger partial charge in [0.1, 0.15) is 0 Å². The molecule has 0 spiro atoms. The lowest BCUT2D eigenvalue weighted by molar-refractivity contribution is 0.491. The van der Waals surface area contributed by atoms with E-state index in [0.29, 0.717) is 0 Å². The largest absolute Gasteiger partial charge is 0.317 e. The van der Waals surface area contributed by atoms with Gasteiger partial charge in [0.2, 0.25) is 0 Å². The van der Waals surface area contributed by atoms with E-state index in [4.69, 9.17) is 0 Å². The molecule has 1 nitrogen and oxygen atoms in total. The van der Waals surface area contributed by atoms with Crippen LogP contribution in [0.25, 0.3) is 0 Å². The van der Waals surface area contributed by atoms with E-state index in [1.54, 1.807) is 0 Å². The molecule has 0 aromatic carbocycles. The van der Waals surface area contributed by atoms with Gasteiger partial charge in [-0.3, -0.25) is 0 Å². The minimum atomic E-state index is 0.727. The number of allylic oxidation sites excluding steroid dienone is 1. The SMILES string of the molecule is C=C[C@H](CCCCC)CCNCC. The van der Waals surface area contributed by atoms with Gasteiger partial charge in [-0.05, 0) is 31.8 Å². The lowest BCUT2D eigenvalue weighted by Gasteiger charge is -2.11. The lowest BCUT2D eigenvalue weighted by Crippen LogP contribution is -2.16. The molecule has 1 heteroatoms. The maximum Gasteiger partial charge on any atom is -0.00434 e. The third-order valence-corrected chi connectivity index (χ3v) is 2.45. The molecule has 1 N–H and O–H groups in total. The number of rotatable bonds is 9. The molecule has 78 valence electrons. The van der Waals surface area contributed by atoms with Crippen LogP contribution in [0.1, 0.15) is 46.0 Å². The molecule has 0 aromatic rings. The van der Waals surface area contributed by atoms with Gasteiger partial charge in [0.05, 0.1) is 0 Å². The highest BCUT2D eigenvalue weighted by molar-refractivity contribution is 4.79. The van der Waals surface area contributed by atoms with Crippen molar-refractivity contribution in [3.8, 4) is 0 Å². The van der Waals surface area contributed by atoms with Crippen LogP contribution in [0.2, 0.25) is 0 Å². The molecule has 0 heterocycles. The summed E-state index contributed by atoms with van der Waals surface area (Å²) in [5.74, 6) is 0.727. The quantitative estimate of drug-likeness (QED) is 0.427. The molecule has 0 rings (SSSR count). The van der Waals surface area contributed by atoms with Gasteiger partial charge in [0.25, 0.3) is 0 Å². The summed E-state index contributed by atoms with van der Waals surface area (Å²) in [6, 6.07) is 0. The fourth-order valence-electron chi connectivity index (χ4n) is 1.50. The number of unbranched alkanes of at least 4 members (excludes halogenated alkanes) is 2. The Hall–Kier alpha value is -0.300. The van der Waals surface area contributed by atoms with Crippen molar-refractivity contribution < 1.29 is 0 Å². The van der Waals surface area contributed by atoms with Crippen LogP contribution in [-0.4, -0.2) is 13.1 Å². The molecule has 0 fully saturated rings. The molecule has 0 aromatic heterocycles. The Kier molecular flexibility index (Phi) is 9.56.